The van der Waals surface area contributed by atoms with E-state index < -0.39 is 0 Å². The molecule has 0 saturated heterocycles. The third kappa shape index (κ3) is 4.69. The van der Waals surface area contributed by atoms with Gasteiger partial charge in [0.1, 0.15) is 12.8 Å². The second kappa shape index (κ2) is 7.96. The lowest BCUT2D eigenvalue weighted by atomic mass is 9.84. The molecule has 0 spiro atoms. The first-order chi connectivity index (χ1) is 11.3. The predicted octanol–water partition coefficient (Wildman–Crippen LogP) is 5.47. The number of hydrogen-bond acceptors (Lipinski definition) is 2. The summed E-state index contributed by atoms with van der Waals surface area (Å²) < 4.78 is 0. The Morgan fingerprint density at radius 2 is 1.87 bits per heavy atom. The minimum absolute atomic E-state index is 0.483. The predicted molar refractivity (Wildman–Crippen MR) is 94.8 cm³/mol. The van der Waals surface area contributed by atoms with Crippen LogP contribution in [0.5, 0.6) is 0 Å². The molecule has 1 aliphatic carbocycles. The highest BCUT2D eigenvalue weighted by Crippen LogP contribution is 2.32. The molecule has 0 unspecified atom stereocenters. The molecule has 119 valence electrons. The van der Waals surface area contributed by atoms with Gasteiger partial charge in [-0.25, -0.2) is 0 Å². The Morgan fingerprint density at radius 1 is 1.04 bits per heavy atom. The van der Waals surface area contributed by atoms with Crippen LogP contribution in [-0.2, 0) is 11.4 Å². The SMILES string of the molecule is Cc1cccc(CO/N=[C]\c2cccc(C3CCCCC3)c2)c1. The Morgan fingerprint density at radius 3 is 2.70 bits per heavy atom. The summed E-state index contributed by atoms with van der Waals surface area (Å²) in [5.74, 6) is 0.707. The maximum absolute atomic E-state index is 5.38. The molecule has 1 aliphatic rings. The largest absolute Gasteiger partial charge is 0.390 e. The molecule has 2 aromatic rings. The molecule has 0 amide bonds. The standard InChI is InChI=1S/C21H24NO/c1-17-7-5-9-19(13-17)16-23-22-15-18-8-6-12-21(14-18)20-10-3-2-4-11-20/h5-9,12-14,20H,2-4,10-11,16H2,1H3. The first kappa shape index (κ1) is 15.8. The van der Waals surface area contributed by atoms with Gasteiger partial charge in [-0.15, -0.1) is 0 Å². The Hall–Kier alpha value is -2.09. The Kier molecular flexibility index (Phi) is 5.46. The normalized spacial score (nSPS) is 15.9. The molecule has 0 bridgehead atoms. The molecule has 1 radical (unpaired) electrons. The number of benzene rings is 2. The van der Waals surface area contributed by atoms with Crippen molar-refractivity contribution in [3.8, 4) is 0 Å². The van der Waals surface area contributed by atoms with Crippen molar-refractivity contribution in [2.75, 3.05) is 0 Å². The van der Waals surface area contributed by atoms with Gasteiger partial charge < -0.3 is 4.84 Å². The zero-order valence-electron chi connectivity index (χ0n) is 13.8. The average Bonchev–Trinajstić information content (AvgIpc) is 2.60. The molecule has 0 heterocycles. The Bertz CT molecular complexity index is 656. The van der Waals surface area contributed by atoms with Crippen LogP contribution < -0.4 is 0 Å². The fraction of sp³-hybridized carbons (Fsp3) is 0.381. The summed E-state index contributed by atoms with van der Waals surface area (Å²) in [7, 11) is 0. The summed E-state index contributed by atoms with van der Waals surface area (Å²) >= 11 is 0. The van der Waals surface area contributed by atoms with Gasteiger partial charge in [0.25, 0.3) is 0 Å². The van der Waals surface area contributed by atoms with Gasteiger partial charge in [-0.2, -0.15) is 0 Å². The van der Waals surface area contributed by atoms with Crippen LogP contribution in [0.1, 0.15) is 60.3 Å². The van der Waals surface area contributed by atoms with Crippen molar-refractivity contribution in [1.29, 1.82) is 0 Å². The van der Waals surface area contributed by atoms with Crippen molar-refractivity contribution < 1.29 is 4.84 Å². The number of hydrogen-bond donors (Lipinski definition) is 0. The molecule has 23 heavy (non-hydrogen) atoms. The molecule has 3 rings (SSSR count). The van der Waals surface area contributed by atoms with Crippen LogP contribution in [0.4, 0.5) is 0 Å². The van der Waals surface area contributed by atoms with E-state index in [0.717, 1.165) is 11.1 Å². The van der Waals surface area contributed by atoms with E-state index in [2.05, 4.69) is 48.6 Å². The van der Waals surface area contributed by atoms with Gasteiger partial charge in [-0.3, -0.25) is 0 Å². The van der Waals surface area contributed by atoms with Gasteiger partial charge in [-0.05, 0) is 42.9 Å². The van der Waals surface area contributed by atoms with Gasteiger partial charge in [0.2, 0.25) is 0 Å². The summed E-state index contributed by atoms with van der Waals surface area (Å²) in [6.07, 6.45) is 9.72. The molecule has 2 heteroatoms. The highest BCUT2D eigenvalue weighted by Gasteiger charge is 2.15. The topological polar surface area (TPSA) is 21.6 Å². The minimum Gasteiger partial charge on any atom is -0.390 e. The summed E-state index contributed by atoms with van der Waals surface area (Å²) in [5, 5.41) is 4.00. The van der Waals surface area contributed by atoms with E-state index in [-0.39, 0.29) is 0 Å². The monoisotopic (exact) mass is 306 g/mol. The van der Waals surface area contributed by atoms with E-state index in [1.54, 1.807) is 0 Å². The molecule has 0 aromatic heterocycles. The molecular formula is C21H24NO. The molecule has 2 aromatic carbocycles. The molecule has 1 saturated carbocycles. The van der Waals surface area contributed by atoms with E-state index in [9.17, 15) is 0 Å². The van der Waals surface area contributed by atoms with Crippen LogP contribution in [0.3, 0.4) is 0 Å². The van der Waals surface area contributed by atoms with Gasteiger partial charge >= 0.3 is 0 Å². The van der Waals surface area contributed by atoms with E-state index in [4.69, 9.17) is 4.84 Å². The van der Waals surface area contributed by atoms with Crippen molar-refractivity contribution in [3.05, 3.63) is 70.8 Å². The molecule has 0 aliphatic heterocycles. The second-order valence-corrected chi connectivity index (χ2v) is 6.43. The minimum atomic E-state index is 0.483. The van der Waals surface area contributed by atoms with Crippen molar-refractivity contribution in [1.82, 2.24) is 0 Å². The quantitative estimate of drug-likeness (QED) is 0.530. The molecule has 0 atom stereocenters. The summed E-state index contributed by atoms with van der Waals surface area (Å²) in [6, 6.07) is 16.8. The van der Waals surface area contributed by atoms with Crippen LogP contribution in [0, 0.1) is 6.92 Å². The number of rotatable bonds is 5. The third-order valence-corrected chi connectivity index (χ3v) is 4.52. The zero-order valence-corrected chi connectivity index (χ0v) is 13.8. The molecule has 0 N–H and O–H groups in total. The summed E-state index contributed by atoms with van der Waals surface area (Å²) in [4.78, 5) is 5.38. The lowest BCUT2D eigenvalue weighted by molar-refractivity contribution is 0.132. The number of aryl methyl sites for hydroxylation is 1. The molecular weight excluding hydrogens is 282 g/mol. The first-order valence-corrected chi connectivity index (χ1v) is 8.55. The lowest BCUT2D eigenvalue weighted by Gasteiger charge is -2.22. The number of nitrogens with zero attached hydrogens (tertiary/aromatic N) is 1. The molecule has 2 nitrogen and oxygen atoms in total. The van der Waals surface area contributed by atoms with Crippen molar-refractivity contribution in [3.63, 3.8) is 0 Å². The first-order valence-electron chi connectivity index (χ1n) is 8.55. The Labute approximate surface area is 139 Å². The van der Waals surface area contributed by atoms with E-state index in [1.807, 2.05) is 18.2 Å². The Balaban J connectivity index is 1.57. The summed E-state index contributed by atoms with van der Waals surface area (Å²) in [6.45, 7) is 2.56. The second-order valence-electron chi connectivity index (χ2n) is 6.43. The highest BCUT2D eigenvalue weighted by molar-refractivity contribution is 5.79. The maximum Gasteiger partial charge on any atom is 0.142 e. The van der Waals surface area contributed by atoms with Crippen LogP contribution in [0.15, 0.2) is 53.7 Å². The van der Waals surface area contributed by atoms with Crippen LogP contribution in [0.2, 0.25) is 0 Å². The average molecular weight is 306 g/mol. The fourth-order valence-corrected chi connectivity index (χ4v) is 3.29. The van der Waals surface area contributed by atoms with Gasteiger partial charge in [-0.1, -0.05) is 72.4 Å². The fourth-order valence-electron chi connectivity index (χ4n) is 3.29. The van der Waals surface area contributed by atoms with Gasteiger partial charge in [0.05, 0.1) is 0 Å². The smallest absolute Gasteiger partial charge is 0.142 e. The van der Waals surface area contributed by atoms with Crippen molar-refractivity contribution in [2.45, 2.75) is 51.6 Å². The lowest BCUT2D eigenvalue weighted by Crippen LogP contribution is -2.04. The van der Waals surface area contributed by atoms with Crippen LogP contribution in [-0.4, -0.2) is 6.21 Å². The van der Waals surface area contributed by atoms with Crippen molar-refractivity contribution >= 4 is 6.21 Å². The van der Waals surface area contributed by atoms with Crippen LogP contribution >= 0.6 is 0 Å². The van der Waals surface area contributed by atoms with Crippen LogP contribution in [0.25, 0.3) is 0 Å². The summed E-state index contributed by atoms with van der Waals surface area (Å²) in [5.41, 5.74) is 4.78. The van der Waals surface area contributed by atoms with Gasteiger partial charge in [0.15, 0.2) is 0 Å². The van der Waals surface area contributed by atoms with E-state index in [1.165, 1.54) is 43.2 Å². The third-order valence-electron chi connectivity index (χ3n) is 4.52. The molecule has 1 fully saturated rings. The zero-order chi connectivity index (χ0) is 15.9. The van der Waals surface area contributed by atoms with Gasteiger partial charge in [0, 0.05) is 5.56 Å². The highest BCUT2D eigenvalue weighted by atomic mass is 16.6. The van der Waals surface area contributed by atoms with E-state index in [0.29, 0.717) is 12.5 Å². The van der Waals surface area contributed by atoms with Crippen molar-refractivity contribution in [2.24, 2.45) is 5.16 Å². The maximum atomic E-state index is 5.38. The van der Waals surface area contributed by atoms with E-state index >= 15 is 0 Å².